The van der Waals surface area contributed by atoms with E-state index in [-0.39, 0.29) is 23.7 Å². The molecule has 1 fully saturated rings. The molecule has 0 heterocycles. The number of ketones is 1. The number of ether oxygens (including phenoxy) is 1. The lowest BCUT2D eigenvalue weighted by molar-refractivity contribution is -0.171. The van der Waals surface area contributed by atoms with Crippen LogP contribution >= 0.6 is 11.6 Å². The highest BCUT2D eigenvalue weighted by Crippen LogP contribution is 2.52. The van der Waals surface area contributed by atoms with E-state index in [0.717, 1.165) is 5.57 Å². The molecule has 0 amide bonds. The van der Waals surface area contributed by atoms with Crippen LogP contribution in [-0.4, -0.2) is 35.1 Å². The third kappa shape index (κ3) is 1.60. The second kappa shape index (κ2) is 4.08. The van der Waals surface area contributed by atoms with Crippen LogP contribution in [0.4, 0.5) is 0 Å². The molecule has 0 aromatic carbocycles. The van der Waals surface area contributed by atoms with E-state index in [4.69, 9.17) is 16.3 Å². The quantitative estimate of drug-likeness (QED) is 0.621. The normalized spacial score (nSPS) is 45.0. The van der Waals surface area contributed by atoms with Gasteiger partial charge in [0.05, 0.1) is 17.4 Å². The average molecular weight is 259 g/mol. The van der Waals surface area contributed by atoms with Crippen molar-refractivity contribution in [3.05, 3.63) is 11.6 Å². The molecule has 0 aromatic rings. The zero-order valence-corrected chi connectivity index (χ0v) is 11.3. The van der Waals surface area contributed by atoms with Crippen LogP contribution in [0.3, 0.4) is 0 Å². The third-order valence-electron chi connectivity index (χ3n) is 4.23. The smallest absolute Gasteiger partial charge is 0.178 e. The van der Waals surface area contributed by atoms with Crippen molar-refractivity contribution in [1.82, 2.24) is 0 Å². The molecule has 0 aromatic heterocycles. The second-order valence-corrected chi connectivity index (χ2v) is 5.56. The molecule has 96 valence electrons. The highest BCUT2D eigenvalue weighted by molar-refractivity contribution is 6.21. The number of hydrogen-bond acceptors (Lipinski definition) is 3. The van der Waals surface area contributed by atoms with Gasteiger partial charge >= 0.3 is 0 Å². The highest BCUT2D eigenvalue weighted by Gasteiger charge is 2.62. The third-order valence-corrected chi connectivity index (χ3v) is 4.63. The lowest BCUT2D eigenvalue weighted by Crippen LogP contribution is -2.65. The van der Waals surface area contributed by atoms with Crippen LogP contribution in [0.1, 0.15) is 27.2 Å². The van der Waals surface area contributed by atoms with Gasteiger partial charge in [0.1, 0.15) is 5.60 Å². The van der Waals surface area contributed by atoms with Crippen molar-refractivity contribution in [2.75, 3.05) is 12.5 Å². The fourth-order valence-corrected chi connectivity index (χ4v) is 3.62. The summed E-state index contributed by atoms with van der Waals surface area (Å²) in [5, 5.41) is 10.5. The summed E-state index contributed by atoms with van der Waals surface area (Å²) in [7, 11) is 0. The van der Waals surface area contributed by atoms with Crippen molar-refractivity contribution in [2.24, 2.45) is 11.3 Å². The Morgan fingerprint density at radius 2 is 2.29 bits per heavy atom. The first-order chi connectivity index (χ1) is 7.90. The van der Waals surface area contributed by atoms with Crippen molar-refractivity contribution in [3.63, 3.8) is 0 Å². The minimum atomic E-state index is -1.41. The monoisotopic (exact) mass is 258 g/mol. The zero-order chi connectivity index (χ0) is 12.8. The Morgan fingerprint density at radius 1 is 1.65 bits per heavy atom. The maximum Gasteiger partial charge on any atom is 0.178 e. The Kier molecular flexibility index (Phi) is 3.13. The molecule has 3 rings (SSSR count). The number of carbonyl (C=O) groups excluding carboxylic acids is 1. The van der Waals surface area contributed by atoms with Gasteiger partial charge in [-0.05, 0) is 27.2 Å². The van der Waals surface area contributed by atoms with Gasteiger partial charge in [-0.25, -0.2) is 0 Å². The predicted molar refractivity (Wildman–Crippen MR) is 66.1 cm³/mol. The van der Waals surface area contributed by atoms with E-state index in [1.807, 2.05) is 26.8 Å². The Labute approximate surface area is 107 Å². The molecule has 3 nitrogen and oxygen atoms in total. The number of alkyl halides is 1. The molecule has 0 spiro atoms. The minimum Gasteiger partial charge on any atom is -0.380 e. The van der Waals surface area contributed by atoms with E-state index in [1.54, 1.807) is 0 Å². The Morgan fingerprint density at radius 3 is 2.82 bits per heavy atom. The standard InChI is InChI=1S/C13H19ClO3/c1-4-17-10-5-9-8(2)6-12(10,3)11(15)13(9,16)7-14/h6,9-10,16H,4-5,7H2,1-3H3/t9-,10-,12-,13-/m0/s1. The van der Waals surface area contributed by atoms with Crippen molar-refractivity contribution >= 4 is 17.4 Å². The molecule has 1 N–H and O–H groups in total. The number of carbonyl (C=O) groups is 1. The number of Topliss-reactive ketones (excluding diaryl/α,β-unsaturated/α-hetero) is 1. The first-order valence-electron chi connectivity index (χ1n) is 6.04. The summed E-state index contributed by atoms with van der Waals surface area (Å²) in [6.45, 7) is 6.29. The van der Waals surface area contributed by atoms with Crippen LogP contribution in [0.15, 0.2) is 11.6 Å². The summed E-state index contributed by atoms with van der Waals surface area (Å²) >= 11 is 5.82. The van der Waals surface area contributed by atoms with E-state index >= 15 is 0 Å². The number of aliphatic hydroxyl groups is 1. The molecule has 0 radical (unpaired) electrons. The summed E-state index contributed by atoms with van der Waals surface area (Å²) in [5.41, 5.74) is -1.10. The van der Waals surface area contributed by atoms with Crippen LogP contribution in [0.2, 0.25) is 0 Å². The Hall–Kier alpha value is -0.380. The molecule has 1 saturated carbocycles. The molecular formula is C13H19ClO3. The molecule has 4 heteroatoms. The fraction of sp³-hybridized carbons (Fsp3) is 0.769. The van der Waals surface area contributed by atoms with Crippen LogP contribution < -0.4 is 0 Å². The number of rotatable bonds is 3. The van der Waals surface area contributed by atoms with Gasteiger partial charge in [0, 0.05) is 12.5 Å². The lowest BCUT2D eigenvalue weighted by atomic mass is 9.54. The van der Waals surface area contributed by atoms with Gasteiger partial charge in [0.15, 0.2) is 5.78 Å². The number of fused-ring (bicyclic) bond motifs is 2. The van der Waals surface area contributed by atoms with Gasteiger partial charge in [-0.3, -0.25) is 4.79 Å². The molecule has 3 aliphatic rings. The van der Waals surface area contributed by atoms with Crippen LogP contribution in [0.5, 0.6) is 0 Å². The summed E-state index contributed by atoms with van der Waals surface area (Å²) < 4.78 is 5.66. The van der Waals surface area contributed by atoms with Crippen molar-refractivity contribution in [1.29, 1.82) is 0 Å². The van der Waals surface area contributed by atoms with Gasteiger partial charge in [0.25, 0.3) is 0 Å². The number of halogens is 1. The first kappa shape index (κ1) is 13.1. The molecule has 3 aliphatic carbocycles. The minimum absolute atomic E-state index is 0.0455. The first-order valence-corrected chi connectivity index (χ1v) is 6.57. The van der Waals surface area contributed by atoms with Crippen LogP contribution in [0, 0.1) is 11.3 Å². The van der Waals surface area contributed by atoms with Crippen LogP contribution in [-0.2, 0) is 9.53 Å². The maximum absolute atomic E-state index is 12.4. The molecule has 0 aliphatic heterocycles. The van der Waals surface area contributed by atoms with Gasteiger partial charge in [-0.15, -0.1) is 11.6 Å². The van der Waals surface area contributed by atoms with Crippen LogP contribution in [0.25, 0.3) is 0 Å². The Bertz CT molecular complexity index is 379. The molecule has 0 unspecified atom stereocenters. The fourth-order valence-electron chi connectivity index (χ4n) is 3.32. The van der Waals surface area contributed by atoms with Crippen molar-refractivity contribution in [3.8, 4) is 0 Å². The average Bonchev–Trinajstić information content (AvgIpc) is 2.29. The molecule has 17 heavy (non-hydrogen) atoms. The summed E-state index contributed by atoms with van der Waals surface area (Å²) in [5.74, 6) is -0.443. The molecule has 0 saturated heterocycles. The SMILES string of the molecule is CCO[C@H]1C[C@H]2C(C)=C[C@]1(C)C(=O)[C@]2(O)CCl. The largest absolute Gasteiger partial charge is 0.380 e. The molecular weight excluding hydrogens is 240 g/mol. The predicted octanol–water partition coefficient (Wildman–Crippen LogP) is 1.92. The van der Waals surface area contributed by atoms with Gasteiger partial charge < -0.3 is 9.84 Å². The number of hydrogen-bond donors (Lipinski definition) is 1. The Balaban J connectivity index is 2.46. The van der Waals surface area contributed by atoms with Crippen molar-refractivity contribution in [2.45, 2.75) is 38.9 Å². The summed E-state index contributed by atoms with van der Waals surface area (Å²) in [6, 6.07) is 0. The lowest BCUT2D eigenvalue weighted by Gasteiger charge is -2.53. The van der Waals surface area contributed by atoms with E-state index < -0.39 is 11.0 Å². The van der Waals surface area contributed by atoms with Gasteiger partial charge in [0.2, 0.25) is 0 Å². The van der Waals surface area contributed by atoms with Crippen molar-refractivity contribution < 1.29 is 14.6 Å². The molecule has 4 atom stereocenters. The summed E-state index contributed by atoms with van der Waals surface area (Å²) in [6.07, 6.45) is 2.48. The highest BCUT2D eigenvalue weighted by atomic mass is 35.5. The zero-order valence-electron chi connectivity index (χ0n) is 10.5. The topological polar surface area (TPSA) is 46.5 Å². The molecule has 2 bridgehead atoms. The van der Waals surface area contributed by atoms with E-state index in [9.17, 15) is 9.90 Å². The summed E-state index contributed by atoms with van der Waals surface area (Å²) in [4.78, 5) is 12.4. The van der Waals surface area contributed by atoms with E-state index in [2.05, 4.69) is 0 Å². The second-order valence-electron chi connectivity index (χ2n) is 5.29. The van der Waals surface area contributed by atoms with Gasteiger partial charge in [-0.1, -0.05) is 11.6 Å². The van der Waals surface area contributed by atoms with E-state index in [1.165, 1.54) is 0 Å². The maximum atomic E-state index is 12.4. The van der Waals surface area contributed by atoms with Gasteiger partial charge in [-0.2, -0.15) is 0 Å². The van der Waals surface area contributed by atoms with E-state index in [0.29, 0.717) is 13.0 Å².